The third-order valence-electron chi connectivity index (χ3n) is 7.13. The van der Waals surface area contributed by atoms with E-state index in [0.29, 0.717) is 46.7 Å². The quantitative estimate of drug-likeness (QED) is 0.265. The third kappa shape index (κ3) is 6.48. The maximum absolute atomic E-state index is 13.5. The van der Waals surface area contributed by atoms with Crippen molar-refractivity contribution in [2.45, 2.75) is 45.5 Å². The zero-order chi connectivity index (χ0) is 30.2. The number of aliphatic hydroxyl groups excluding tert-OH is 1. The fourth-order valence-electron chi connectivity index (χ4n) is 4.94. The van der Waals surface area contributed by atoms with Gasteiger partial charge in [-0.15, -0.1) is 0 Å². The monoisotopic (exact) mass is 644 g/mol. The van der Waals surface area contributed by atoms with Crippen LogP contribution < -0.4 is 10.7 Å². The number of hydrazine groups is 1. The second kappa shape index (κ2) is 11.8. The molecule has 2 aromatic carbocycles. The summed E-state index contributed by atoms with van der Waals surface area (Å²) in [6.07, 6.45) is -3.66. The first kappa shape index (κ1) is 29.7. The molecule has 13 heteroatoms. The fourth-order valence-corrected chi connectivity index (χ4v) is 5.30. The van der Waals surface area contributed by atoms with Crippen molar-refractivity contribution in [2.75, 3.05) is 18.4 Å². The number of aromatic nitrogens is 3. The Balaban J connectivity index is 1.33. The number of amides is 2. The molecule has 3 heterocycles. The van der Waals surface area contributed by atoms with E-state index in [1.165, 1.54) is 6.07 Å². The molecule has 0 radical (unpaired) electrons. The molecular formula is C29H28BrF3N6O3. The molecule has 0 aliphatic carbocycles. The number of nitrogens with zero attached hydrogens (tertiary/aromatic N) is 4. The van der Waals surface area contributed by atoms with E-state index >= 15 is 0 Å². The summed E-state index contributed by atoms with van der Waals surface area (Å²) in [7, 11) is 0. The Labute approximate surface area is 247 Å². The lowest BCUT2D eigenvalue weighted by Crippen LogP contribution is -2.49. The largest absolute Gasteiger partial charge is 0.433 e. The van der Waals surface area contributed by atoms with Crippen LogP contribution in [0.4, 0.5) is 18.9 Å². The number of β-amino-alcohol motifs (C(OH)–C–C–N with tert-alkyl or cyclic N) is 1. The Kier molecular flexibility index (Phi) is 8.35. The Morgan fingerprint density at radius 1 is 1.10 bits per heavy atom. The Bertz CT molecular complexity index is 1660. The topological polar surface area (TPSA) is 112 Å². The number of piperidine rings is 1. The molecule has 9 nitrogen and oxygen atoms in total. The highest BCUT2D eigenvalue weighted by Gasteiger charge is 2.34. The van der Waals surface area contributed by atoms with Crippen LogP contribution in [0.3, 0.4) is 0 Å². The number of carbonyl (C=O) groups excluding carboxylic acids is 2. The van der Waals surface area contributed by atoms with Crippen LogP contribution in [0.15, 0.2) is 53.0 Å². The molecule has 1 unspecified atom stereocenters. The number of aryl methyl sites for hydroxylation is 1. The van der Waals surface area contributed by atoms with Crippen molar-refractivity contribution in [2.24, 2.45) is 0 Å². The summed E-state index contributed by atoms with van der Waals surface area (Å²) in [6.45, 7) is 4.86. The van der Waals surface area contributed by atoms with Crippen molar-refractivity contribution in [3.63, 3.8) is 0 Å². The van der Waals surface area contributed by atoms with Crippen molar-refractivity contribution in [3.8, 4) is 0 Å². The molecule has 1 atom stereocenters. The summed E-state index contributed by atoms with van der Waals surface area (Å²) >= 11 is 3.31. The predicted octanol–water partition coefficient (Wildman–Crippen LogP) is 5.23. The second-order valence-electron chi connectivity index (χ2n) is 10.3. The average Bonchev–Trinajstić information content (AvgIpc) is 3.19. The highest BCUT2D eigenvalue weighted by atomic mass is 79.9. The van der Waals surface area contributed by atoms with Gasteiger partial charge in [-0.05, 0) is 68.7 Å². The van der Waals surface area contributed by atoms with E-state index in [1.54, 1.807) is 59.9 Å². The number of hydrogen-bond donors (Lipinski definition) is 3. The van der Waals surface area contributed by atoms with Gasteiger partial charge in [-0.2, -0.15) is 18.3 Å². The van der Waals surface area contributed by atoms with Crippen LogP contribution in [0.25, 0.3) is 10.9 Å². The van der Waals surface area contributed by atoms with Crippen LogP contribution in [0, 0.1) is 13.8 Å². The molecule has 42 heavy (non-hydrogen) atoms. The summed E-state index contributed by atoms with van der Waals surface area (Å²) < 4.78 is 42.9. The van der Waals surface area contributed by atoms with Crippen LogP contribution >= 0.6 is 15.9 Å². The van der Waals surface area contributed by atoms with Gasteiger partial charge in [-0.3, -0.25) is 19.7 Å². The van der Waals surface area contributed by atoms with Crippen LogP contribution in [0.1, 0.15) is 56.2 Å². The van der Waals surface area contributed by atoms with E-state index in [-0.39, 0.29) is 22.4 Å². The number of alkyl halides is 3. The lowest BCUT2D eigenvalue weighted by atomic mass is 10.1. The number of aliphatic hydroxyl groups is 1. The molecule has 4 aromatic rings. The lowest BCUT2D eigenvalue weighted by Gasteiger charge is -2.30. The van der Waals surface area contributed by atoms with E-state index in [2.05, 4.69) is 36.8 Å². The minimum atomic E-state index is -4.72. The van der Waals surface area contributed by atoms with E-state index in [1.807, 2.05) is 0 Å². The molecule has 0 saturated carbocycles. The number of hydrogen-bond acceptors (Lipinski definition) is 6. The van der Waals surface area contributed by atoms with Crippen molar-refractivity contribution in [1.82, 2.24) is 25.2 Å². The summed E-state index contributed by atoms with van der Waals surface area (Å²) in [4.78, 5) is 29.7. The van der Waals surface area contributed by atoms with E-state index in [0.717, 1.165) is 24.5 Å². The van der Waals surface area contributed by atoms with E-state index < -0.39 is 23.9 Å². The maximum atomic E-state index is 13.5. The molecule has 0 bridgehead atoms. The molecule has 2 amide bonds. The van der Waals surface area contributed by atoms with E-state index in [9.17, 15) is 27.9 Å². The highest BCUT2D eigenvalue weighted by molar-refractivity contribution is 9.10. The number of benzene rings is 2. The predicted molar refractivity (Wildman–Crippen MR) is 154 cm³/mol. The Morgan fingerprint density at radius 2 is 1.83 bits per heavy atom. The van der Waals surface area contributed by atoms with Gasteiger partial charge in [-0.1, -0.05) is 28.1 Å². The van der Waals surface area contributed by atoms with Gasteiger partial charge in [-0.25, -0.2) is 9.99 Å². The number of rotatable bonds is 6. The minimum absolute atomic E-state index is 0.0490. The maximum Gasteiger partial charge on any atom is 0.433 e. The molecule has 2 aromatic heterocycles. The SMILES string of the molecule is Cc1nn(Cc2ccc(C(=O)NN3CCCC(O)C3)cc2)c(C)c1NC(=O)c1cc(C(F)(F)F)nc2ccc(Br)cc12. The van der Waals surface area contributed by atoms with Crippen LogP contribution in [-0.2, 0) is 12.7 Å². The van der Waals surface area contributed by atoms with Gasteiger partial charge in [0, 0.05) is 28.5 Å². The van der Waals surface area contributed by atoms with Crippen molar-refractivity contribution in [1.29, 1.82) is 0 Å². The Hall–Kier alpha value is -3.81. The van der Waals surface area contributed by atoms with Gasteiger partial charge >= 0.3 is 6.18 Å². The van der Waals surface area contributed by atoms with Crippen molar-refractivity contribution >= 4 is 44.3 Å². The fraction of sp³-hybridized carbons (Fsp3) is 0.310. The van der Waals surface area contributed by atoms with Gasteiger partial charge < -0.3 is 10.4 Å². The number of fused-ring (bicyclic) bond motifs is 1. The highest BCUT2D eigenvalue weighted by Crippen LogP contribution is 2.33. The van der Waals surface area contributed by atoms with Crippen LogP contribution in [0.5, 0.6) is 0 Å². The number of halogens is 4. The molecule has 220 valence electrons. The number of carbonyl (C=O) groups is 2. The van der Waals surface area contributed by atoms with Gasteiger partial charge in [0.2, 0.25) is 0 Å². The first-order valence-corrected chi connectivity index (χ1v) is 14.0. The summed E-state index contributed by atoms with van der Waals surface area (Å²) in [5.41, 5.74) is 4.38. The summed E-state index contributed by atoms with van der Waals surface area (Å²) in [5, 5.41) is 19.1. The first-order valence-electron chi connectivity index (χ1n) is 13.2. The smallest absolute Gasteiger partial charge is 0.392 e. The summed E-state index contributed by atoms with van der Waals surface area (Å²) in [5.74, 6) is -0.982. The van der Waals surface area contributed by atoms with Crippen LogP contribution in [0.2, 0.25) is 0 Å². The molecular weight excluding hydrogens is 617 g/mol. The van der Waals surface area contributed by atoms with Crippen LogP contribution in [-0.4, -0.2) is 55.9 Å². The van der Waals surface area contributed by atoms with Gasteiger partial charge in [0.25, 0.3) is 11.8 Å². The van der Waals surface area contributed by atoms with Gasteiger partial charge in [0.05, 0.1) is 40.8 Å². The van der Waals surface area contributed by atoms with Crippen molar-refractivity contribution in [3.05, 3.63) is 86.8 Å². The molecule has 1 aliphatic heterocycles. The molecule has 0 spiro atoms. The molecule has 1 saturated heterocycles. The Morgan fingerprint density at radius 3 is 2.52 bits per heavy atom. The second-order valence-corrected chi connectivity index (χ2v) is 11.2. The number of anilines is 1. The third-order valence-corrected chi connectivity index (χ3v) is 7.62. The zero-order valence-corrected chi connectivity index (χ0v) is 24.4. The average molecular weight is 645 g/mol. The van der Waals surface area contributed by atoms with Gasteiger partial charge in [0.1, 0.15) is 5.69 Å². The lowest BCUT2D eigenvalue weighted by molar-refractivity contribution is -0.141. The van der Waals surface area contributed by atoms with Crippen molar-refractivity contribution < 1.29 is 27.9 Å². The number of nitrogens with one attached hydrogen (secondary N) is 2. The molecule has 1 aliphatic rings. The standard InChI is InChI=1S/C29H28BrF3N6O3/c1-16-26(35-28(42)23-13-25(29(31,32)33)34-24-10-9-20(30)12-22(23)24)17(2)39(36-16)14-18-5-7-19(8-6-18)27(41)37-38-11-3-4-21(40)15-38/h5-10,12-13,21,40H,3-4,11,14-15H2,1-2H3,(H,35,42)(H,37,41). The zero-order valence-electron chi connectivity index (χ0n) is 22.8. The molecule has 5 rings (SSSR count). The van der Waals surface area contributed by atoms with Gasteiger partial charge in [0.15, 0.2) is 0 Å². The summed E-state index contributed by atoms with van der Waals surface area (Å²) in [6, 6.07) is 12.3. The number of pyridine rings is 1. The molecule has 1 fully saturated rings. The first-order chi connectivity index (χ1) is 19.9. The minimum Gasteiger partial charge on any atom is -0.392 e. The molecule has 3 N–H and O–H groups in total. The van der Waals surface area contributed by atoms with E-state index in [4.69, 9.17) is 0 Å². The normalized spacial score (nSPS) is 16.0.